The summed E-state index contributed by atoms with van der Waals surface area (Å²) in [5.41, 5.74) is 5.88. The molecule has 9 heteroatoms. The van der Waals surface area contributed by atoms with Gasteiger partial charge in [-0.3, -0.25) is 9.36 Å². The number of hydrogen-bond acceptors (Lipinski definition) is 7. The lowest BCUT2D eigenvalue weighted by Gasteiger charge is -2.17. The zero-order valence-electron chi connectivity index (χ0n) is 11.6. The van der Waals surface area contributed by atoms with Gasteiger partial charge in [0.2, 0.25) is 0 Å². The van der Waals surface area contributed by atoms with Crippen LogP contribution in [0.4, 0.5) is 5.82 Å². The second-order valence-corrected chi connectivity index (χ2v) is 4.87. The fourth-order valence-corrected chi connectivity index (χ4v) is 2.18. The van der Waals surface area contributed by atoms with Crippen molar-refractivity contribution in [3.63, 3.8) is 0 Å². The van der Waals surface area contributed by atoms with E-state index in [9.17, 15) is 15.0 Å². The van der Waals surface area contributed by atoms with Crippen LogP contribution < -0.4 is 11.1 Å². The molecule has 0 spiro atoms. The Kier molecular flexibility index (Phi) is 4.78. The largest absolute Gasteiger partial charge is 0.394 e. The Morgan fingerprint density at radius 3 is 2.81 bits per heavy atom. The number of nitrogen functional groups attached to an aromatic ring is 1. The predicted molar refractivity (Wildman–Crippen MR) is 72.3 cm³/mol. The minimum absolute atomic E-state index is 0.0263. The summed E-state index contributed by atoms with van der Waals surface area (Å²) in [5, 5.41) is 31.4. The number of amides is 1. The van der Waals surface area contributed by atoms with Gasteiger partial charge in [0.05, 0.1) is 12.9 Å². The molecule has 0 aromatic carbocycles. The fraction of sp³-hybridized carbons (Fsp3) is 0.667. The summed E-state index contributed by atoms with van der Waals surface area (Å²) in [6.07, 6.45) is -2.39. The van der Waals surface area contributed by atoms with E-state index in [0.29, 0.717) is 6.54 Å². The van der Waals surface area contributed by atoms with E-state index in [1.807, 2.05) is 6.92 Å². The van der Waals surface area contributed by atoms with Crippen LogP contribution in [0.1, 0.15) is 30.1 Å². The van der Waals surface area contributed by atoms with E-state index in [-0.39, 0.29) is 11.5 Å². The first-order valence-electron chi connectivity index (χ1n) is 6.74. The smallest absolute Gasteiger partial charge is 0.273 e. The second-order valence-electron chi connectivity index (χ2n) is 4.87. The maximum absolute atomic E-state index is 11.9. The maximum atomic E-state index is 11.9. The van der Waals surface area contributed by atoms with Crippen molar-refractivity contribution in [2.45, 2.75) is 37.9 Å². The van der Waals surface area contributed by atoms with Crippen LogP contribution in [0.3, 0.4) is 0 Å². The molecule has 1 amide bonds. The van der Waals surface area contributed by atoms with Crippen molar-refractivity contribution in [2.75, 3.05) is 18.9 Å². The third kappa shape index (κ3) is 2.86. The molecule has 1 aliphatic rings. The zero-order chi connectivity index (χ0) is 15.6. The van der Waals surface area contributed by atoms with Gasteiger partial charge in [0.1, 0.15) is 24.1 Å². The van der Waals surface area contributed by atoms with Crippen molar-refractivity contribution in [1.82, 2.24) is 14.9 Å². The normalized spacial score (nSPS) is 28.8. The van der Waals surface area contributed by atoms with Gasteiger partial charge in [-0.1, -0.05) is 6.92 Å². The van der Waals surface area contributed by atoms with E-state index in [2.05, 4.69) is 10.3 Å². The molecule has 1 aromatic rings. The van der Waals surface area contributed by atoms with Crippen LogP contribution >= 0.6 is 0 Å². The lowest BCUT2D eigenvalue weighted by molar-refractivity contribution is -0.0518. The minimum Gasteiger partial charge on any atom is -0.394 e. The van der Waals surface area contributed by atoms with E-state index in [0.717, 1.165) is 6.42 Å². The molecule has 0 aliphatic carbocycles. The van der Waals surface area contributed by atoms with Crippen LogP contribution in [-0.2, 0) is 4.74 Å². The third-order valence-corrected chi connectivity index (χ3v) is 3.37. The number of rotatable bonds is 5. The molecular weight excluding hydrogens is 280 g/mol. The molecule has 1 aliphatic heterocycles. The maximum Gasteiger partial charge on any atom is 0.273 e. The number of aromatic nitrogens is 2. The minimum atomic E-state index is -1.27. The molecule has 0 bridgehead atoms. The number of aliphatic hydroxyl groups is 3. The molecule has 21 heavy (non-hydrogen) atoms. The second kappa shape index (κ2) is 6.39. The Morgan fingerprint density at radius 2 is 2.24 bits per heavy atom. The van der Waals surface area contributed by atoms with Gasteiger partial charge in [0.15, 0.2) is 11.9 Å². The summed E-state index contributed by atoms with van der Waals surface area (Å²) in [6, 6.07) is 0. The third-order valence-electron chi connectivity index (χ3n) is 3.37. The van der Waals surface area contributed by atoms with E-state index >= 15 is 0 Å². The number of anilines is 1. The number of carbonyl (C=O) groups excluding carboxylic acids is 1. The molecule has 1 saturated heterocycles. The highest BCUT2D eigenvalue weighted by molar-refractivity contribution is 5.96. The molecule has 2 heterocycles. The van der Waals surface area contributed by atoms with Gasteiger partial charge in [-0.05, 0) is 6.42 Å². The van der Waals surface area contributed by atoms with Crippen molar-refractivity contribution in [2.24, 2.45) is 0 Å². The quantitative estimate of drug-likeness (QED) is 0.432. The van der Waals surface area contributed by atoms with Crippen LogP contribution in [0, 0.1) is 0 Å². The standard InChI is InChI=1S/C12H20N4O5/c1-2-3-14-11(20)7-10(13)16(5-15-7)12-9(19)8(18)6(4-17)21-12/h5-6,8-9,12,17-19H,2-4,13H2,1H3,(H,14,20)/t6-,8-,9-,12-/m1/s1. The lowest BCUT2D eigenvalue weighted by atomic mass is 10.1. The number of hydrogen-bond donors (Lipinski definition) is 5. The van der Waals surface area contributed by atoms with E-state index < -0.39 is 37.1 Å². The summed E-state index contributed by atoms with van der Waals surface area (Å²) >= 11 is 0. The van der Waals surface area contributed by atoms with Gasteiger partial charge >= 0.3 is 0 Å². The number of nitrogens with zero attached hydrogens (tertiary/aromatic N) is 2. The van der Waals surface area contributed by atoms with Crippen LogP contribution in [0.2, 0.25) is 0 Å². The Bertz CT molecular complexity index is 506. The topological polar surface area (TPSA) is 143 Å². The summed E-state index contributed by atoms with van der Waals surface area (Å²) in [5.74, 6) is -0.390. The van der Waals surface area contributed by atoms with Crippen molar-refractivity contribution in [3.8, 4) is 0 Å². The number of nitrogens with two attached hydrogens (primary N) is 1. The highest BCUT2D eigenvalue weighted by atomic mass is 16.6. The Hall–Kier alpha value is -1.68. The van der Waals surface area contributed by atoms with Gasteiger partial charge in [0, 0.05) is 6.54 Å². The first-order chi connectivity index (χ1) is 10.0. The van der Waals surface area contributed by atoms with Crippen molar-refractivity contribution in [1.29, 1.82) is 0 Å². The average Bonchev–Trinajstić information content (AvgIpc) is 2.98. The first-order valence-corrected chi connectivity index (χ1v) is 6.74. The van der Waals surface area contributed by atoms with Gasteiger partial charge in [-0.25, -0.2) is 4.98 Å². The number of imidazole rings is 1. The van der Waals surface area contributed by atoms with E-state index in [4.69, 9.17) is 15.6 Å². The number of ether oxygens (including phenoxy) is 1. The molecule has 9 nitrogen and oxygen atoms in total. The van der Waals surface area contributed by atoms with E-state index in [1.54, 1.807) is 0 Å². The van der Waals surface area contributed by atoms with Crippen LogP contribution in [0.15, 0.2) is 6.33 Å². The molecule has 0 saturated carbocycles. The summed E-state index contributed by atoms with van der Waals surface area (Å²) in [4.78, 5) is 15.8. The summed E-state index contributed by atoms with van der Waals surface area (Å²) in [6.45, 7) is 1.98. The highest BCUT2D eigenvalue weighted by Gasteiger charge is 2.44. The van der Waals surface area contributed by atoms with Crippen LogP contribution in [0.5, 0.6) is 0 Å². The fourth-order valence-electron chi connectivity index (χ4n) is 2.18. The van der Waals surface area contributed by atoms with Crippen LogP contribution in [0.25, 0.3) is 0 Å². The van der Waals surface area contributed by atoms with Crippen LogP contribution in [-0.4, -0.2) is 62.2 Å². The highest BCUT2D eigenvalue weighted by Crippen LogP contribution is 2.31. The molecule has 0 unspecified atom stereocenters. The Morgan fingerprint density at radius 1 is 1.52 bits per heavy atom. The van der Waals surface area contributed by atoms with Gasteiger partial charge in [0.25, 0.3) is 5.91 Å². The SMILES string of the molecule is CCCNC(=O)c1ncn([C@@H]2O[C@H](CO)[C@@H](O)[C@H]2O)c1N. The molecule has 1 fully saturated rings. The number of nitrogens with one attached hydrogen (secondary N) is 1. The predicted octanol–water partition coefficient (Wildman–Crippen LogP) is -1.78. The van der Waals surface area contributed by atoms with Crippen molar-refractivity contribution < 1.29 is 24.9 Å². The summed E-state index contributed by atoms with van der Waals surface area (Å²) < 4.78 is 6.61. The molecule has 4 atom stereocenters. The number of aliphatic hydroxyl groups excluding tert-OH is 3. The first kappa shape index (κ1) is 15.7. The monoisotopic (exact) mass is 300 g/mol. The summed E-state index contributed by atoms with van der Waals surface area (Å²) in [7, 11) is 0. The average molecular weight is 300 g/mol. The lowest BCUT2D eigenvalue weighted by Crippen LogP contribution is -2.33. The van der Waals surface area contributed by atoms with Gasteiger partial charge in [-0.2, -0.15) is 0 Å². The van der Waals surface area contributed by atoms with E-state index in [1.165, 1.54) is 10.9 Å². The molecule has 2 rings (SSSR count). The molecule has 118 valence electrons. The Balaban J connectivity index is 2.19. The van der Waals surface area contributed by atoms with Gasteiger partial charge in [-0.15, -0.1) is 0 Å². The number of carbonyl (C=O) groups is 1. The van der Waals surface area contributed by atoms with Crippen molar-refractivity contribution in [3.05, 3.63) is 12.0 Å². The molecular formula is C12H20N4O5. The van der Waals surface area contributed by atoms with Gasteiger partial charge < -0.3 is 31.1 Å². The molecule has 0 radical (unpaired) electrons. The molecule has 1 aromatic heterocycles. The zero-order valence-corrected chi connectivity index (χ0v) is 11.6. The Labute approximate surface area is 121 Å². The van der Waals surface area contributed by atoms with Crippen molar-refractivity contribution >= 4 is 11.7 Å². The molecule has 6 N–H and O–H groups in total.